The molecule has 1 fully saturated rings. The van der Waals surface area contributed by atoms with Gasteiger partial charge < -0.3 is 25.2 Å². The van der Waals surface area contributed by atoms with Crippen LogP contribution >= 0.6 is 24.0 Å². The molecule has 0 bridgehead atoms. The van der Waals surface area contributed by atoms with E-state index < -0.39 is 0 Å². The number of guanidine groups is 1. The maximum absolute atomic E-state index is 10.1. The Balaban J connectivity index is 0.00000363. The van der Waals surface area contributed by atoms with Crippen molar-refractivity contribution in [3.63, 3.8) is 0 Å². The minimum absolute atomic E-state index is 0. The third-order valence-corrected chi connectivity index (χ3v) is 5.92. The number of likely N-dealkylation sites (tertiary alicyclic amines) is 1. The predicted molar refractivity (Wildman–Crippen MR) is 139 cm³/mol. The second-order valence-electron chi connectivity index (χ2n) is 7.82. The van der Waals surface area contributed by atoms with E-state index in [1.807, 2.05) is 0 Å². The first-order valence-electron chi connectivity index (χ1n) is 10.8. The fourth-order valence-corrected chi connectivity index (χ4v) is 4.00. The SMILES string of the molecule is CN=C(NCc1cc(OC)c(O)c(OC)c1)NC1CCN(C(C)c2ccccc2)CC1.I. The lowest BCUT2D eigenvalue weighted by Gasteiger charge is -2.37. The number of aromatic hydroxyl groups is 1. The largest absolute Gasteiger partial charge is 0.502 e. The normalized spacial score (nSPS) is 16.1. The van der Waals surface area contributed by atoms with Gasteiger partial charge in [0.2, 0.25) is 5.75 Å². The third kappa shape index (κ3) is 6.65. The highest BCUT2D eigenvalue weighted by atomic mass is 127. The smallest absolute Gasteiger partial charge is 0.200 e. The van der Waals surface area contributed by atoms with E-state index in [0.29, 0.717) is 30.1 Å². The van der Waals surface area contributed by atoms with Gasteiger partial charge in [-0.15, -0.1) is 24.0 Å². The molecular formula is C24H35IN4O3. The number of phenolic OH excluding ortho intramolecular Hbond substituents is 1. The van der Waals surface area contributed by atoms with Gasteiger partial charge >= 0.3 is 0 Å². The van der Waals surface area contributed by atoms with Crippen molar-refractivity contribution in [1.82, 2.24) is 15.5 Å². The first kappa shape index (κ1) is 26.1. The molecule has 1 saturated heterocycles. The lowest BCUT2D eigenvalue weighted by atomic mass is 10.0. The van der Waals surface area contributed by atoms with Gasteiger partial charge in [0.15, 0.2) is 17.5 Å². The second-order valence-corrected chi connectivity index (χ2v) is 7.82. The molecule has 0 amide bonds. The number of benzene rings is 2. The molecule has 1 atom stereocenters. The average molecular weight is 554 g/mol. The molecule has 0 radical (unpaired) electrons. The predicted octanol–water partition coefficient (Wildman–Crippen LogP) is 3.92. The molecule has 1 aliphatic heterocycles. The number of rotatable bonds is 7. The average Bonchev–Trinajstić information content (AvgIpc) is 2.82. The van der Waals surface area contributed by atoms with Crippen LogP contribution in [0.25, 0.3) is 0 Å². The summed E-state index contributed by atoms with van der Waals surface area (Å²) in [6.45, 7) is 4.93. The fourth-order valence-electron chi connectivity index (χ4n) is 4.00. The van der Waals surface area contributed by atoms with Gasteiger partial charge in [0, 0.05) is 38.8 Å². The van der Waals surface area contributed by atoms with Gasteiger partial charge in [-0.1, -0.05) is 30.3 Å². The first-order valence-corrected chi connectivity index (χ1v) is 10.8. The minimum atomic E-state index is 0. The molecule has 1 aliphatic rings. The van der Waals surface area contributed by atoms with Crippen LogP contribution in [0.3, 0.4) is 0 Å². The number of halogens is 1. The summed E-state index contributed by atoms with van der Waals surface area (Å²) in [6.07, 6.45) is 2.14. The molecule has 8 heteroatoms. The van der Waals surface area contributed by atoms with Gasteiger partial charge in [0.1, 0.15) is 0 Å². The van der Waals surface area contributed by atoms with Crippen molar-refractivity contribution in [3.8, 4) is 17.2 Å². The lowest BCUT2D eigenvalue weighted by Crippen LogP contribution is -2.48. The fraction of sp³-hybridized carbons (Fsp3) is 0.458. The van der Waals surface area contributed by atoms with Crippen molar-refractivity contribution < 1.29 is 14.6 Å². The number of phenols is 1. The van der Waals surface area contributed by atoms with Crippen LogP contribution in [-0.4, -0.2) is 56.4 Å². The summed E-state index contributed by atoms with van der Waals surface area (Å²) >= 11 is 0. The molecule has 0 saturated carbocycles. The summed E-state index contributed by atoms with van der Waals surface area (Å²) in [6, 6.07) is 15.1. The Labute approximate surface area is 208 Å². The molecule has 7 nitrogen and oxygen atoms in total. The Kier molecular flexibility index (Phi) is 10.4. The minimum Gasteiger partial charge on any atom is -0.502 e. The Morgan fingerprint density at radius 3 is 2.25 bits per heavy atom. The van der Waals surface area contributed by atoms with Crippen LogP contribution in [0, 0.1) is 0 Å². The zero-order chi connectivity index (χ0) is 22.2. The summed E-state index contributed by atoms with van der Waals surface area (Å²) in [5.74, 6) is 1.55. The number of nitrogens with zero attached hydrogens (tertiary/aromatic N) is 2. The van der Waals surface area contributed by atoms with Crippen molar-refractivity contribution in [2.45, 2.75) is 38.4 Å². The highest BCUT2D eigenvalue weighted by Crippen LogP contribution is 2.37. The molecule has 0 spiro atoms. The number of ether oxygens (including phenoxy) is 2. The molecule has 176 valence electrons. The van der Waals surface area contributed by atoms with Crippen molar-refractivity contribution in [3.05, 3.63) is 53.6 Å². The molecule has 1 unspecified atom stereocenters. The number of hydrogen-bond acceptors (Lipinski definition) is 5. The van der Waals surface area contributed by atoms with Crippen molar-refractivity contribution in [2.75, 3.05) is 34.4 Å². The third-order valence-electron chi connectivity index (χ3n) is 5.92. The van der Waals surface area contributed by atoms with Crippen LogP contribution < -0.4 is 20.1 Å². The van der Waals surface area contributed by atoms with Crippen LogP contribution in [0.1, 0.15) is 36.9 Å². The van der Waals surface area contributed by atoms with E-state index in [-0.39, 0.29) is 29.7 Å². The Bertz CT molecular complexity index is 846. The highest BCUT2D eigenvalue weighted by Gasteiger charge is 2.24. The number of nitrogens with one attached hydrogen (secondary N) is 2. The van der Waals surface area contributed by atoms with E-state index in [1.54, 1.807) is 19.2 Å². The number of piperidine rings is 1. The Morgan fingerprint density at radius 2 is 1.72 bits per heavy atom. The first-order chi connectivity index (χ1) is 15.0. The monoisotopic (exact) mass is 554 g/mol. The summed E-state index contributed by atoms with van der Waals surface area (Å²) < 4.78 is 10.5. The van der Waals surface area contributed by atoms with Gasteiger partial charge in [-0.25, -0.2) is 0 Å². The molecule has 32 heavy (non-hydrogen) atoms. The van der Waals surface area contributed by atoms with E-state index in [1.165, 1.54) is 19.8 Å². The molecule has 0 aliphatic carbocycles. The molecular weight excluding hydrogens is 519 g/mol. The summed E-state index contributed by atoms with van der Waals surface area (Å²) in [7, 11) is 4.83. The topological polar surface area (TPSA) is 78.4 Å². The van der Waals surface area contributed by atoms with Crippen molar-refractivity contribution >= 4 is 29.9 Å². The van der Waals surface area contributed by atoms with E-state index in [4.69, 9.17) is 9.47 Å². The summed E-state index contributed by atoms with van der Waals surface area (Å²) in [5, 5.41) is 17.0. The highest BCUT2D eigenvalue weighted by molar-refractivity contribution is 14.0. The Hall–Kier alpha value is -2.20. The van der Waals surface area contributed by atoms with Gasteiger partial charge in [0.25, 0.3) is 0 Å². The van der Waals surface area contributed by atoms with Crippen molar-refractivity contribution in [1.29, 1.82) is 0 Å². The van der Waals surface area contributed by atoms with Gasteiger partial charge in [-0.3, -0.25) is 9.89 Å². The maximum Gasteiger partial charge on any atom is 0.200 e. The van der Waals surface area contributed by atoms with Crippen LogP contribution in [0.4, 0.5) is 0 Å². The van der Waals surface area contributed by atoms with E-state index >= 15 is 0 Å². The zero-order valence-corrected chi connectivity index (χ0v) is 21.6. The maximum atomic E-state index is 10.1. The molecule has 0 aromatic heterocycles. The van der Waals surface area contributed by atoms with Gasteiger partial charge in [-0.05, 0) is 43.0 Å². The number of hydrogen-bond donors (Lipinski definition) is 3. The quantitative estimate of drug-likeness (QED) is 0.274. The molecule has 2 aromatic rings. The lowest BCUT2D eigenvalue weighted by molar-refractivity contribution is 0.158. The second kappa shape index (κ2) is 12.7. The molecule has 3 N–H and O–H groups in total. The molecule has 1 heterocycles. The van der Waals surface area contributed by atoms with Gasteiger partial charge in [0.05, 0.1) is 14.2 Å². The number of methoxy groups -OCH3 is 2. The standard InChI is InChI=1S/C24H34N4O3.HI/c1-17(19-8-6-5-7-9-19)28-12-10-20(11-13-28)27-24(25-2)26-16-18-14-21(30-3)23(29)22(15-18)31-4;/h5-9,14-15,17,20,29H,10-13,16H2,1-4H3,(H2,25,26,27);1H. The van der Waals surface area contributed by atoms with Crippen LogP contribution in [0.5, 0.6) is 17.2 Å². The summed E-state index contributed by atoms with van der Waals surface area (Å²) in [5.41, 5.74) is 2.30. The number of aliphatic imine (C=N–C) groups is 1. The van der Waals surface area contributed by atoms with Crippen LogP contribution in [0.2, 0.25) is 0 Å². The van der Waals surface area contributed by atoms with Crippen molar-refractivity contribution in [2.24, 2.45) is 4.99 Å². The van der Waals surface area contributed by atoms with Gasteiger partial charge in [-0.2, -0.15) is 0 Å². The van der Waals surface area contributed by atoms with Crippen LogP contribution in [0.15, 0.2) is 47.5 Å². The van der Waals surface area contributed by atoms with E-state index in [9.17, 15) is 5.11 Å². The Morgan fingerprint density at radius 1 is 1.12 bits per heavy atom. The van der Waals surface area contributed by atoms with E-state index in [0.717, 1.165) is 37.5 Å². The molecule has 2 aromatic carbocycles. The molecule has 3 rings (SSSR count). The summed E-state index contributed by atoms with van der Waals surface area (Å²) in [4.78, 5) is 6.91. The van der Waals surface area contributed by atoms with Crippen LogP contribution in [-0.2, 0) is 6.54 Å². The van der Waals surface area contributed by atoms with E-state index in [2.05, 4.69) is 57.8 Å². The zero-order valence-electron chi connectivity index (χ0n) is 19.3.